The fourth-order valence-corrected chi connectivity index (χ4v) is 3.22. The van der Waals surface area contributed by atoms with Crippen LogP contribution in [0.4, 0.5) is 10.1 Å². The summed E-state index contributed by atoms with van der Waals surface area (Å²) in [6.45, 7) is 1.56. The zero-order chi connectivity index (χ0) is 22.7. The molecule has 0 saturated carbocycles. The highest BCUT2D eigenvalue weighted by atomic mass is 19.1. The molecule has 0 spiro atoms. The van der Waals surface area contributed by atoms with Crippen molar-refractivity contribution < 1.29 is 28.2 Å². The highest BCUT2D eigenvalue weighted by Crippen LogP contribution is 2.27. The van der Waals surface area contributed by atoms with E-state index in [0.29, 0.717) is 28.8 Å². The number of ether oxygens (including phenoxy) is 2. The predicted octanol–water partition coefficient (Wildman–Crippen LogP) is 3.17. The second kappa shape index (κ2) is 8.95. The van der Waals surface area contributed by atoms with Crippen LogP contribution in [0, 0.1) is 12.7 Å². The number of methoxy groups -OCH3 is 2. The Labute approximate surface area is 178 Å². The normalized spacial score (nSPS) is 10.7. The van der Waals surface area contributed by atoms with Gasteiger partial charge in [-0.05, 0) is 30.7 Å². The van der Waals surface area contributed by atoms with E-state index in [1.807, 2.05) is 0 Å². The van der Waals surface area contributed by atoms with Gasteiger partial charge in [0, 0.05) is 13.5 Å². The molecule has 0 aliphatic rings. The number of fused-ring (bicyclic) bond motifs is 1. The number of esters is 2. The molecule has 0 aliphatic carbocycles. The van der Waals surface area contributed by atoms with Crippen LogP contribution in [0.5, 0.6) is 0 Å². The molecule has 3 rings (SSSR count). The summed E-state index contributed by atoms with van der Waals surface area (Å²) in [5.41, 5.74) is 1.54. The molecule has 0 unspecified atom stereocenters. The van der Waals surface area contributed by atoms with Crippen molar-refractivity contribution in [3.05, 3.63) is 58.7 Å². The molecule has 0 atom stereocenters. The van der Waals surface area contributed by atoms with Gasteiger partial charge >= 0.3 is 11.9 Å². The zero-order valence-electron chi connectivity index (χ0n) is 17.6. The Kier molecular flexibility index (Phi) is 6.33. The minimum absolute atomic E-state index is 0.0778. The monoisotopic (exact) mass is 427 g/mol. The fourth-order valence-electron chi connectivity index (χ4n) is 3.22. The lowest BCUT2D eigenvalue weighted by Gasteiger charge is -2.12. The SMILES string of the molecule is COC(=O)CCc1nc2cc(C(=O)OC)c(NC(=O)c3cccc(C)c3F)cc2n1C. The van der Waals surface area contributed by atoms with Crippen LogP contribution in [0.1, 0.15) is 38.5 Å². The molecule has 31 heavy (non-hydrogen) atoms. The first-order valence-corrected chi connectivity index (χ1v) is 9.47. The van der Waals surface area contributed by atoms with E-state index >= 15 is 0 Å². The number of imidazole rings is 1. The Morgan fingerprint density at radius 2 is 1.87 bits per heavy atom. The molecule has 2 aromatic carbocycles. The van der Waals surface area contributed by atoms with Gasteiger partial charge in [0.2, 0.25) is 0 Å². The van der Waals surface area contributed by atoms with Crippen molar-refractivity contribution in [1.82, 2.24) is 9.55 Å². The van der Waals surface area contributed by atoms with Crippen LogP contribution in [0.3, 0.4) is 0 Å². The first-order chi connectivity index (χ1) is 14.8. The molecule has 9 heteroatoms. The molecule has 162 valence electrons. The Morgan fingerprint density at radius 3 is 2.55 bits per heavy atom. The molecule has 0 fully saturated rings. The number of rotatable bonds is 6. The summed E-state index contributed by atoms with van der Waals surface area (Å²) in [5.74, 6) is -1.77. The quantitative estimate of drug-likeness (QED) is 0.607. The maximum atomic E-state index is 14.4. The second-order valence-electron chi connectivity index (χ2n) is 6.93. The molecule has 3 aromatic rings. The summed E-state index contributed by atoms with van der Waals surface area (Å²) in [5, 5.41) is 2.60. The standard InChI is InChI=1S/C22H22FN3O5/c1-12-6-5-7-13(20(12)23)21(28)25-15-11-17-16(10-14(15)22(29)31-4)24-18(26(17)2)8-9-19(27)30-3/h5-7,10-11H,8-9H2,1-4H3,(H,25,28). The van der Waals surface area contributed by atoms with Gasteiger partial charge < -0.3 is 19.4 Å². The Hall–Kier alpha value is -3.75. The average molecular weight is 427 g/mol. The van der Waals surface area contributed by atoms with Crippen LogP contribution in [0.25, 0.3) is 11.0 Å². The zero-order valence-corrected chi connectivity index (χ0v) is 17.6. The van der Waals surface area contributed by atoms with Crippen LogP contribution in [0.2, 0.25) is 0 Å². The van der Waals surface area contributed by atoms with E-state index in [1.165, 1.54) is 26.4 Å². The van der Waals surface area contributed by atoms with Gasteiger partial charge in [0.15, 0.2) is 0 Å². The van der Waals surface area contributed by atoms with Gasteiger partial charge in [-0.1, -0.05) is 12.1 Å². The lowest BCUT2D eigenvalue weighted by molar-refractivity contribution is -0.140. The number of aromatic nitrogens is 2. The third-order valence-electron chi connectivity index (χ3n) is 4.98. The van der Waals surface area contributed by atoms with Gasteiger partial charge in [0.05, 0.1) is 48.5 Å². The summed E-state index contributed by atoms with van der Waals surface area (Å²) in [6, 6.07) is 7.56. The van der Waals surface area contributed by atoms with Crippen LogP contribution in [0.15, 0.2) is 30.3 Å². The van der Waals surface area contributed by atoms with Crippen molar-refractivity contribution >= 4 is 34.6 Å². The second-order valence-corrected chi connectivity index (χ2v) is 6.93. The van der Waals surface area contributed by atoms with E-state index in [4.69, 9.17) is 4.74 Å². The molecule has 0 saturated heterocycles. The molecule has 1 N–H and O–H groups in total. The van der Waals surface area contributed by atoms with Crippen LogP contribution >= 0.6 is 0 Å². The molecule has 8 nitrogen and oxygen atoms in total. The minimum atomic E-state index is -0.696. The fraction of sp³-hybridized carbons (Fsp3) is 0.273. The first-order valence-electron chi connectivity index (χ1n) is 9.47. The third-order valence-corrected chi connectivity index (χ3v) is 4.98. The van der Waals surface area contributed by atoms with Crippen molar-refractivity contribution in [2.45, 2.75) is 19.8 Å². The molecule has 0 bridgehead atoms. The van der Waals surface area contributed by atoms with Gasteiger partial charge in [-0.15, -0.1) is 0 Å². The molecular formula is C22H22FN3O5. The summed E-state index contributed by atoms with van der Waals surface area (Å²) in [7, 11) is 4.29. The van der Waals surface area contributed by atoms with Gasteiger partial charge in [-0.25, -0.2) is 14.2 Å². The maximum absolute atomic E-state index is 14.4. The number of amides is 1. The van der Waals surface area contributed by atoms with Crippen LogP contribution in [-0.4, -0.2) is 41.6 Å². The van der Waals surface area contributed by atoms with Gasteiger partial charge in [0.25, 0.3) is 5.91 Å². The van der Waals surface area contributed by atoms with Crippen LogP contribution < -0.4 is 5.32 Å². The smallest absolute Gasteiger partial charge is 0.340 e. The summed E-state index contributed by atoms with van der Waals surface area (Å²) < 4.78 is 25.6. The highest BCUT2D eigenvalue weighted by molar-refractivity contribution is 6.10. The third kappa shape index (κ3) is 4.40. The number of halogens is 1. The van der Waals surface area contributed by atoms with E-state index < -0.39 is 17.7 Å². The lowest BCUT2D eigenvalue weighted by atomic mass is 10.1. The lowest BCUT2D eigenvalue weighted by Crippen LogP contribution is -2.17. The van der Waals surface area contributed by atoms with E-state index in [9.17, 15) is 18.8 Å². The van der Waals surface area contributed by atoms with E-state index in [1.54, 1.807) is 36.7 Å². The topological polar surface area (TPSA) is 99.5 Å². The number of hydrogen-bond acceptors (Lipinski definition) is 6. The Morgan fingerprint density at radius 1 is 1.13 bits per heavy atom. The van der Waals surface area contributed by atoms with Crippen molar-refractivity contribution in [3.63, 3.8) is 0 Å². The van der Waals surface area contributed by atoms with Crippen LogP contribution in [-0.2, 0) is 27.7 Å². The number of nitrogens with zero attached hydrogens (tertiary/aromatic N) is 2. The average Bonchev–Trinajstić information content (AvgIpc) is 3.07. The number of benzene rings is 2. The predicted molar refractivity (Wildman–Crippen MR) is 111 cm³/mol. The number of carbonyl (C=O) groups is 3. The summed E-state index contributed by atoms with van der Waals surface area (Å²) >= 11 is 0. The van der Waals surface area contributed by atoms with E-state index in [0.717, 1.165) is 0 Å². The maximum Gasteiger partial charge on any atom is 0.340 e. The molecule has 1 heterocycles. The molecular weight excluding hydrogens is 405 g/mol. The largest absolute Gasteiger partial charge is 0.469 e. The molecule has 1 amide bonds. The van der Waals surface area contributed by atoms with Crippen molar-refractivity contribution in [3.8, 4) is 0 Å². The Bertz CT molecular complexity index is 1190. The van der Waals surface area contributed by atoms with Crippen molar-refractivity contribution in [2.75, 3.05) is 19.5 Å². The van der Waals surface area contributed by atoms with E-state index in [2.05, 4.69) is 15.0 Å². The van der Waals surface area contributed by atoms with Crippen molar-refractivity contribution in [2.24, 2.45) is 7.05 Å². The van der Waals surface area contributed by atoms with Gasteiger partial charge in [-0.3, -0.25) is 9.59 Å². The van der Waals surface area contributed by atoms with Crippen molar-refractivity contribution in [1.29, 1.82) is 0 Å². The number of aryl methyl sites for hydroxylation is 3. The number of carbonyl (C=O) groups excluding carboxylic acids is 3. The van der Waals surface area contributed by atoms with Gasteiger partial charge in [0.1, 0.15) is 11.6 Å². The number of hydrogen-bond donors (Lipinski definition) is 1. The van der Waals surface area contributed by atoms with E-state index in [-0.39, 0.29) is 29.2 Å². The highest BCUT2D eigenvalue weighted by Gasteiger charge is 2.21. The molecule has 0 radical (unpaired) electrons. The number of nitrogens with one attached hydrogen (secondary N) is 1. The molecule has 0 aliphatic heterocycles. The Balaban J connectivity index is 2.03. The first kappa shape index (κ1) is 21.9. The van der Waals surface area contributed by atoms with Gasteiger partial charge in [-0.2, -0.15) is 0 Å². The molecule has 1 aromatic heterocycles. The minimum Gasteiger partial charge on any atom is -0.469 e. The summed E-state index contributed by atoms with van der Waals surface area (Å²) in [4.78, 5) is 41.0. The summed E-state index contributed by atoms with van der Waals surface area (Å²) in [6.07, 6.45) is 0.482. The number of anilines is 1.